The molecule has 18 nitrogen and oxygen atoms in total. The number of aliphatic hydroxyl groups is 2. The molecule has 1 unspecified atom stereocenters. The van der Waals surface area contributed by atoms with E-state index < -0.39 is 108 Å². The van der Waals surface area contributed by atoms with Gasteiger partial charge < -0.3 is 58.3 Å². The number of nitrogens with zero attached hydrogens (tertiary/aromatic N) is 3. The molecule has 1 aromatic rings. The molecule has 5 heterocycles. The van der Waals surface area contributed by atoms with Gasteiger partial charge in [-0.2, -0.15) is 0 Å². The van der Waals surface area contributed by atoms with E-state index in [1.54, 1.807) is 47.0 Å². The minimum atomic E-state index is -1.43. The molecule has 4 aliphatic rings. The first-order valence-electron chi connectivity index (χ1n) is 23.4. The smallest absolute Gasteiger partial charge is 0.425 e. The minimum absolute atomic E-state index is 0.118. The van der Waals surface area contributed by atoms with E-state index in [-0.39, 0.29) is 37.3 Å². The number of amides is 2. The second-order valence-electron chi connectivity index (χ2n) is 19.8. The molecule has 4 fully saturated rings. The van der Waals surface area contributed by atoms with E-state index in [2.05, 4.69) is 15.7 Å². The van der Waals surface area contributed by atoms with Crippen LogP contribution in [0.5, 0.6) is 0 Å². The number of carbonyl (C=O) groups excluding carboxylic acids is 3. The highest BCUT2D eigenvalue weighted by atomic mass is 16.7. The number of ether oxygens (including phenoxy) is 8. The molecule has 18 heteroatoms. The number of methoxy groups -OCH3 is 2. The number of cyclic esters (lactones) is 1. The summed E-state index contributed by atoms with van der Waals surface area (Å²) in [6.07, 6.45) is -2.79. The van der Waals surface area contributed by atoms with Crippen LogP contribution in [0.15, 0.2) is 24.5 Å². The third kappa shape index (κ3) is 11.6. The molecule has 18 atom stereocenters. The molecule has 0 bridgehead atoms. The Morgan fingerprint density at radius 3 is 2.23 bits per heavy atom. The van der Waals surface area contributed by atoms with Crippen LogP contribution in [-0.4, -0.2) is 168 Å². The van der Waals surface area contributed by atoms with Crippen LogP contribution < -0.4 is 10.7 Å². The van der Waals surface area contributed by atoms with Crippen molar-refractivity contribution in [3.63, 3.8) is 0 Å². The monoisotopic (exact) mass is 922 g/mol. The fourth-order valence-corrected chi connectivity index (χ4v) is 10.6. The minimum Gasteiger partial charge on any atom is -0.458 e. The number of hydrazine groups is 1. The van der Waals surface area contributed by atoms with Crippen molar-refractivity contribution >= 4 is 18.0 Å². The summed E-state index contributed by atoms with van der Waals surface area (Å²) in [6, 6.07) is 2.06. The highest BCUT2D eigenvalue weighted by Gasteiger charge is 2.60. The molecule has 2 amide bonds. The van der Waals surface area contributed by atoms with E-state index in [0.717, 1.165) is 12.0 Å². The third-order valence-corrected chi connectivity index (χ3v) is 14.6. The van der Waals surface area contributed by atoms with Crippen molar-refractivity contribution in [1.82, 2.24) is 25.6 Å². The number of aryl methyl sites for hydroxylation is 1. The Labute approximate surface area is 386 Å². The molecule has 1 aromatic heterocycles. The van der Waals surface area contributed by atoms with E-state index in [9.17, 15) is 24.6 Å². The summed E-state index contributed by atoms with van der Waals surface area (Å²) in [5.74, 6) is -3.40. The lowest BCUT2D eigenvalue weighted by atomic mass is 9.77. The maximum absolute atomic E-state index is 14.9. The Balaban J connectivity index is 1.58. The molecule has 65 heavy (non-hydrogen) atoms. The first-order valence-corrected chi connectivity index (χ1v) is 23.4. The number of hydrogen-bond donors (Lipinski definition) is 4. The SMILES string of the molecule is CC[C@H]1OC(=O)[C@H](C)[C@@H](O[C@H]2C[C@@](C)(OC)[C@@H](O)[C@H](C)O2)[C@H](C)[C@@H](O[C@@H]2O[C@H](C)C[C@H](N(C)C)[C@H]2O)[C@@](C)(OC)C[C@@H](C)C(=O)NC(C)[C@H]2N(NCCCc3ccncc3)C(=O)O[C@]12C. The van der Waals surface area contributed by atoms with Gasteiger partial charge in [0.2, 0.25) is 5.91 Å². The Morgan fingerprint density at radius 1 is 0.954 bits per heavy atom. The molecular weight excluding hydrogens is 843 g/mol. The predicted octanol–water partition coefficient (Wildman–Crippen LogP) is 3.74. The number of hydrogen-bond acceptors (Lipinski definition) is 16. The molecule has 0 saturated carbocycles. The Hall–Kier alpha value is -3.04. The molecule has 0 spiro atoms. The highest BCUT2D eigenvalue weighted by Crippen LogP contribution is 2.42. The molecular formula is C47H79N5O13. The standard InChI is InChI=1S/C47H79N5O13/c1-15-34-47(10)38(52(44(57)65-47)49-20-16-17-32-18-21-48-22-19-32)30(6)50-41(55)26(2)24-46(9,59-14)40(64-43-36(53)33(51(11)12)23-27(3)60-43)28(4)37(29(5)42(56)62-34)63-35-25-45(8,58-13)39(54)31(7)61-35/h18-19,21-22,26-31,33-40,43,49,53-54H,15-17,20,23-25H2,1-14H3,(H,50,55)/t26-,27-,28+,29-,30?,31+,33+,34-,35+,36-,37+,38-,39+,40-,43+,45-,46+,47-/m1/s1. The second-order valence-corrected chi connectivity index (χ2v) is 19.8. The van der Waals surface area contributed by atoms with Crippen LogP contribution >= 0.6 is 0 Å². The first kappa shape index (κ1) is 52.9. The number of nitrogens with one attached hydrogen (secondary N) is 2. The maximum Gasteiger partial charge on any atom is 0.425 e. The van der Waals surface area contributed by atoms with Crippen LogP contribution in [0.25, 0.3) is 0 Å². The molecule has 4 saturated heterocycles. The van der Waals surface area contributed by atoms with Gasteiger partial charge in [-0.15, -0.1) is 0 Å². The van der Waals surface area contributed by atoms with E-state index >= 15 is 0 Å². The molecule has 0 radical (unpaired) electrons. The Bertz CT molecular complexity index is 1730. The van der Waals surface area contributed by atoms with Crippen molar-refractivity contribution in [2.45, 2.75) is 198 Å². The van der Waals surface area contributed by atoms with Crippen molar-refractivity contribution in [2.75, 3.05) is 34.9 Å². The van der Waals surface area contributed by atoms with Gasteiger partial charge in [-0.25, -0.2) is 15.2 Å². The Morgan fingerprint density at radius 2 is 1.62 bits per heavy atom. The maximum atomic E-state index is 14.9. The third-order valence-electron chi connectivity index (χ3n) is 14.6. The van der Waals surface area contributed by atoms with Gasteiger partial charge in [-0.05, 0) is 112 Å². The number of rotatable bonds is 13. The largest absolute Gasteiger partial charge is 0.458 e. The van der Waals surface area contributed by atoms with Gasteiger partial charge in [-0.3, -0.25) is 14.6 Å². The average Bonchev–Trinajstić information content (AvgIpc) is 3.53. The van der Waals surface area contributed by atoms with E-state index in [1.807, 2.05) is 65.7 Å². The van der Waals surface area contributed by atoms with E-state index in [1.165, 1.54) is 19.2 Å². The van der Waals surface area contributed by atoms with Crippen LogP contribution in [0.2, 0.25) is 0 Å². The molecule has 0 aliphatic carbocycles. The van der Waals surface area contributed by atoms with Crippen LogP contribution in [0.1, 0.15) is 107 Å². The number of aromatic nitrogens is 1. The van der Waals surface area contributed by atoms with Gasteiger partial charge in [0.05, 0.1) is 47.6 Å². The molecule has 5 rings (SSSR count). The summed E-state index contributed by atoms with van der Waals surface area (Å²) in [5.41, 5.74) is 0.616. The van der Waals surface area contributed by atoms with Crippen LogP contribution in [0, 0.1) is 17.8 Å². The predicted molar refractivity (Wildman–Crippen MR) is 239 cm³/mol. The van der Waals surface area contributed by atoms with Gasteiger partial charge in [0.1, 0.15) is 24.4 Å². The number of pyridine rings is 1. The fraction of sp³-hybridized carbons (Fsp3) is 0.830. The van der Waals surface area contributed by atoms with Crippen LogP contribution in [0.3, 0.4) is 0 Å². The average molecular weight is 922 g/mol. The van der Waals surface area contributed by atoms with Crippen molar-refractivity contribution < 1.29 is 62.5 Å². The summed E-state index contributed by atoms with van der Waals surface area (Å²) in [6.45, 7) is 18.4. The normalized spacial score (nSPS) is 42.4. The molecule has 0 aromatic carbocycles. The van der Waals surface area contributed by atoms with Crippen molar-refractivity contribution in [3.05, 3.63) is 30.1 Å². The summed E-state index contributed by atoms with van der Waals surface area (Å²) in [5, 5.41) is 27.5. The first-order chi connectivity index (χ1) is 30.5. The number of esters is 1. The lowest BCUT2D eigenvalue weighted by Gasteiger charge is -2.49. The lowest BCUT2D eigenvalue weighted by molar-refractivity contribution is -0.319. The molecule has 4 aliphatic heterocycles. The summed E-state index contributed by atoms with van der Waals surface area (Å²) in [4.78, 5) is 49.3. The van der Waals surface area contributed by atoms with Gasteiger partial charge in [0, 0.05) is 57.5 Å². The molecule has 4 N–H and O–H groups in total. The van der Waals surface area contributed by atoms with E-state index in [4.69, 9.17) is 37.9 Å². The zero-order valence-electron chi connectivity index (χ0n) is 41.1. The number of aliphatic hydroxyl groups excluding tert-OH is 2. The van der Waals surface area contributed by atoms with Crippen molar-refractivity contribution in [3.8, 4) is 0 Å². The van der Waals surface area contributed by atoms with Crippen molar-refractivity contribution in [1.29, 1.82) is 0 Å². The van der Waals surface area contributed by atoms with Crippen LogP contribution in [0.4, 0.5) is 4.79 Å². The quantitative estimate of drug-likeness (QED) is 0.164. The fourth-order valence-electron chi connectivity index (χ4n) is 10.6. The summed E-state index contributed by atoms with van der Waals surface area (Å²) < 4.78 is 51.4. The summed E-state index contributed by atoms with van der Waals surface area (Å²) >= 11 is 0. The van der Waals surface area contributed by atoms with Gasteiger partial charge >= 0.3 is 12.1 Å². The summed E-state index contributed by atoms with van der Waals surface area (Å²) in [7, 11) is 6.84. The zero-order valence-corrected chi connectivity index (χ0v) is 41.1. The highest BCUT2D eigenvalue weighted by molar-refractivity contribution is 5.79. The van der Waals surface area contributed by atoms with Crippen LogP contribution in [-0.2, 0) is 53.9 Å². The Kier molecular flexibility index (Phi) is 17.9. The van der Waals surface area contributed by atoms with Gasteiger partial charge in [0.15, 0.2) is 18.2 Å². The van der Waals surface area contributed by atoms with E-state index in [0.29, 0.717) is 19.4 Å². The number of fused-ring (bicyclic) bond motifs is 1. The van der Waals surface area contributed by atoms with Crippen molar-refractivity contribution in [2.24, 2.45) is 17.8 Å². The molecule has 370 valence electrons. The topological polar surface area (TPSA) is 209 Å². The van der Waals surface area contributed by atoms with Gasteiger partial charge in [0.25, 0.3) is 0 Å². The second kappa shape index (κ2) is 21.9. The zero-order chi connectivity index (χ0) is 48.2. The van der Waals surface area contributed by atoms with Gasteiger partial charge in [-0.1, -0.05) is 20.8 Å². The number of carbonyl (C=O) groups is 3. The lowest BCUT2D eigenvalue weighted by Crippen LogP contribution is -2.63. The number of likely N-dealkylation sites (N-methyl/N-ethyl adjacent to an activating group) is 1.